The minimum absolute atomic E-state index is 0.125. The Morgan fingerprint density at radius 2 is 2.07 bits per heavy atom. The Hall–Kier alpha value is -2.98. The number of rotatable bonds is 7. The Morgan fingerprint density at radius 1 is 1.29 bits per heavy atom. The highest BCUT2D eigenvalue weighted by Crippen LogP contribution is 2.29. The first-order valence-electron chi connectivity index (χ1n) is 7.77. The monoisotopic (exact) mass is 426 g/mol. The molecular formula is C15H12F2N6O3S2. The van der Waals surface area contributed by atoms with Crippen molar-refractivity contribution in [2.24, 2.45) is 0 Å². The molecule has 0 saturated heterocycles. The van der Waals surface area contributed by atoms with Crippen LogP contribution in [0.3, 0.4) is 0 Å². The van der Waals surface area contributed by atoms with Crippen molar-refractivity contribution in [2.45, 2.75) is 19.9 Å². The minimum atomic E-state index is -3.69. The van der Waals surface area contributed by atoms with Gasteiger partial charge in [0.2, 0.25) is 10.0 Å². The topological polar surface area (TPSA) is 126 Å². The lowest BCUT2D eigenvalue weighted by molar-refractivity contribution is 0.116. The van der Waals surface area contributed by atoms with E-state index in [4.69, 9.17) is 9.68 Å². The van der Waals surface area contributed by atoms with E-state index in [1.165, 1.54) is 31.5 Å². The minimum Gasteiger partial charge on any atom is -0.414 e. The zero-order valence-electron chi connectivity index (χ0n) is 14.3. The van der Waals surface area contributed by atoms with Crippen LogP contribution in [0.4, 0.5) is 14.6 Å². The van der Waals surface area contributed by atoms with E-state index in [-0.39, 0.29) is 24.0 Å². The van der Waals surface area contributed by atoms with Crippen molar-refractivity contribution in [1.82, 2.24) is 20.2 Å². The highest BCUT2D eigenvalue weighted by Gasteiger charge is 2.24. The Balaban J connectivity index is 1.89. The average Bonchev–Trinajstić information content (AvgIpc) is 3.35. The Labute approximate surface area is 162 Å². The highest BCUT2D eigenvalue weighted by molar-refractivity contribution is 7.92. The molecule has 0 aliphatic carbocycles. The van der Waals surface area contributed by atoms with Crippen molar-refractivity contribution in [1.29, 1.82) is 5.26 Å². The summed E-state index contributed by atoms with van der Waals surface area (Å²) in [7, 11) is -3.69. The largest absolute Gasteiger partial charge is 0.414 e. The number of hydrogen-bond acceptors (Lipinski definition) is 9. The van der Waals surface area contributed by atoms with Crippen LogP contribution in [0.1, 0.15) is 29.8 Å². The van der Waals surface area contributed by atoms with Crippen LogP contribution in [0.25, 0.3) is 10.8 Å². The zero-order valence-corrected chi connectivity index (χ0v) is 15.9. The van der Waals surface area contributed by atoms with Crippen LogP contribution in [0.15, 0.2) is 28.9 Å². The third-order valence-electron chi connectivity index (χ3n) is 3.50. The quantitative estimate of drug-likeness (QED) is 0.564. The summed E-state index contributed by atoms with van der Waals surface area (Å²) in [4.78, 5) is 8.47. The molecule has 0 bridgehead atoms. The second-order valence-electron chi connectivity index (χ2n) is 5.29. The molecule has 0 saturated carbocycles. The van der Waals surface area contributed by atoms with E-state index in [9.17, 15) is 17.2 Å². The molecule has 13 heteroatoms. The van der Waals surface area contributed by atoms with Gasteiger partial charge in [-0.05, 0) is 19.1 Å². The van der Waals surface area contributed by atoms with Crippen molar-refractivity contribution in [2.75, 3.05) is 10.1 Å². The van der Waals surface area contributed by atoms with Gasteiger partial charge in [0.25, 0.3) is 11.8 Å². The summed E-state index contributed by atoms with van der Waals surface area (Å²) in [5.41, 5.74) is 0.292. The molecule has 0 atom stereocenters. The van der Waals surface area contributed by atoms with E-state index >= 15 is 0 Å². The van der Waals surface area contributed by atoms with Gasteiger partial charge in [-0.25, -0.2) is 22.7 Å². The summed E-state index contributed by atoms with van der Waals surface area (Å²) in [5.74, 6) is -0.966. The average molecular weight is 426 g/mol. The molecule has 28 heavy (non-hydrogen) atoms. The summed E-state index contributed by atoms with van der Waals surface area (Å²) in [6.07, 6.45) is -0.280. The maximum Gasteiger partial charge on any atom is 0.314 e. The fourth-order valence-electron chi connectivity index (χ4n) is 2.10. The lowest BCUT2D eigenvalue weighted by atomic mass is 10.3. The SMILES string of the molecule is CCS(=O)(=O)N(Cc1ncc(-c2nnc(C(F)F)o2)s1)c1ccc(C#N)cn1. The summed E-state index contributed by atoms with van der Waals surface area (Å²) in [6, 6.07) is 4.79. The van der Waals surface area contributed by atoms with Crippen LogP contribution >= 0.6 is 11.3 Å². The van der Waals surface area contributed by atoms with Crippen LogP contribution in [-0.2, 0) is 16.6 Å². The molecule has 0 unspecified atom stereocenters. The number of nitriles is 1. The van der Waals surface area contributed by atoms with E-state index in [0.29, 0.717) is 15.4 Å². The molecule has 0 fully saturated rings. The molecule has 3 heterocycles. The zero-order chi connectivity index (χ0) is 20.3. The molecule has 9 nitrogen and oxygen atoms in total. The number of thiazole rings is 1. The molecule has 0 aliphatic rings. The van der Waals surface area contributed by atoms with Gasteiger partial charge in [-0.15, -0.1) is 21.5 Å². The van der Waals surface area contributed by atoms with Crippen molar-refractivity contribution in [3.05, 3.63) is 41.0 Å². The number of hydrogen-bond donors (Lipinski definition) is 0. The first kappa shape index (κ1) is 19.8. The van der Waals surface area contributed by atoms with Crippen LogP contribution in [0.2, 0.25) is 0 Å². The molecule has 3 aromatic heterocycles. The summed E-state index contributed by atoms with van der Waals surface area (Å²) >= 11 is 1.03. The highest BCUT2D eigenvalue weighted by atomic mass is 32.2. The number of pyridine rings is 1. The van der Waals surface area contributed by atoms with E-state index in [0.717, 1.165) is 15.6 Å². The van der Waals surface area contributed by atoms with Gasteiger partial charge < -0.3 is 4.42 Å². The second kappa shape index (κ2) is 7.95. The van der Waals surface area contributed by atoms with E-state index in [1.807, 2.05) is 6.07 Å². The van der Waals surface area contributed by atoms with E-state index in [2.05, 4.69) is 20.2 Å². The third kappa shape index (κ3) is 4.12. The smallest absolute Gasteiger partial charge is 0.314 e. The predicted molar refractivity (Wildman–Crippen MR) is 95.0 cm³/mol. The normalized spacial score (nSPS) is 11.5. The Morgan fingerprint density at radius 3 is 2.64 bits per heavy atom. The van der Waals surface area contributed by atoms with Gasteiger partial charge in [-0.3, -0.25) is 0 Å². The van der Waals surface area contributed by atoms with Crippen molar-refractivity contribution in [3.63, 3.8) is 0 Å². The fraction of sp³-hybridized carbons (Fsp3) is 0.267. The molecule has 146 valence electrons. The Kier molecular flexibility index (Phi) is 5.61. The first-order chi connectivity index (χ1) is 13.3. The molecule has 0 radical (unpaired) electrons. The van der Waals surface area contributed by atoms with Crippen LogP contribution in [0.5, 0.6) is 0 Å². The van der Waals surface area contributed by atoms with Crippen molar-refractivity contribution >= 4 is 27.2 Å². The molecule has 0 aliphatic heterocycles. The standard InChI is InChI=1S/C15H12F2N6O3S2/c1-2-28(24,25)23(11-4-3-9(5-18)6-19-11)8-12-20-7-10(27-12)14-21-22-15(26-14)13(16)17/h3-4,6-7,13H,2,8H2,1H3. The van der Waals surface area contributed by atoms with Crippen LogP contribution in [-0.4, -0.2) is 34.3 Å². The summed E-state index contributed by atoms with van der Waals surface area (Å²) in [5, 5.41) is 16.0. The molecule has 0 spiro atoms. The number of anilines is 1. The van der Waals surface area contributed by atoms with Gasteiger partial charge in [0.15, 0.2) is 0 Å². The van der Waals surface area contributed by atoms with Gasteiger partial charge in [0, 0.05) is 6.20 Å². The molecular weight excluding hydrogens is 414 g/mol. The number of nitrogens with zero attached hydrogens (tertiary/aromatic N) is 6. The van der Waals surface area contributed by atoms with Gasteiger partial charge in [0.05, 0.1) is 24.1 Å². The van der Waals surface area contributed by atoms with Gasteiger partial charge in [-0.2, -0.15) is 14.0 Å². The first-order valence-corrected chi connectivity index (χ1v) is 10.2. The Bertz CT molecular complexity index is 1110. The lowest BCUT2D eigenvalue weighted by Gasteiger charge is -2.21. The van der Waals surface area contributed by atoms with E-state index < -0.39 is 22.3 Å². The van der Waals surface area contributed by atoms with Crippen molar-refractivity contribution < 1.29 is 21.6 Å². The van der Waals surface area contributed by atoms with Gasteiger partial charge in [-0.1, -0.05) is 0 Å². The van der Waals surface area contributed by atoms with Crippen molar-refractivity contribution in [3.8, 4) is 16.8 Å². The van der Waals surface area contributed by atoms with E-state index in [1.54, 1.807) is 0 Å². The molecule has 0 aromatic carbocycles. The van der Waals surface area contributed by atoms with Gasteiger partial charge >= 0.3 is 6.43 Å². The van der Waals surface area contributed by atoms with Crippen LogP contribution < -0.4 is 4.31 Å². The van der Waals surface area contributed by atoms with Crippen LogP contribution in [0, 0.1) is 11.3 Å². The summed E-state index contributed by atoms with van der Waals surface area (Å²) in [6.45, 7) is 1.36. The molecule has 3 rings (SSSR count). The summed E-state index contributed by atoms with van der Waals surface area (Å²) < 4.78 is 56.1. The number of halogens is 2. The third-order valence-corrected chi connectivity index (χ3v) is 6.19. The molecule has 0 amide bonds. The molecule has 0 N–H and O–H groups in total. The lowest BCUT2D eigenvalue weighted by Crippen LogP contribution is -2.32. The maximum atomic E-state index is 12.6. The number of sulfonamides is 1. The fourth-order valence-corrected chi connectivity index (χ4v) is 4.04. The molecule has 3 aromatic rings. The number of alkyl halides is 2. The maximum absolute atomic E-state index is 12.6. The second-order valence-corrected chi connectivity index (χ2v) is 8.59. The number of aromatic nitrogens is 4. The predicted octanol–water partition coefficient (Wildman–Crippen LogP) is 2.75. The van der Waals surface area contributed by atoms with Gasteiger partial charge in [0.1, 0.15) is 21.8 Å².